The van der Waals surface area contributed by atoms with Gasteiger partial charge in [0.2, 0.25) is 17.7 Å². The van der Waals surface area contributed by atoms with Gasteiger partial charge in [0.25, 0.3) is 5.91 Å². The molecular formula is C17H21N5O3. The van der Waals surface area contributed by atoms with E-state index in [1.165, 1.54) is 0 Å². The van der Waals surface area contributed by atoms with E-state index >= 15 is 0 Å². The number of piperidine rings is 1. The molecule has 1 N–H and O–H groups in total. The number of nitrogens with zero attached hydrogens (tertiary/aromatic N) is 4. The van der Waals surface area contributed by atoms with Crippen LogP contribution in [0.2, 0.25) is 0 Å². The summed E-state index contributed by atoms with van der Waals surface area (Å²) in [7, 11) is 3.12. The van der Waals surface area contributed by atoms with Crippen LogP contribution in [-0.4, -0.2) is 54.2 Å². The summed E-state index contributed by atoms with van der Waals surface area (Å²) in [6.45, 7) is 1.49. The van der Waals surface area contributed by atoms with Crippen LogP contribution in [0.25, 0.3) is 0 Å². The standard InChI is InChI=1S/C17H21N5O3/c1-24-14-10-15(25-2)21-17(20-14)22-8-5-13(6-9-22)19-16(23)12-4-3-7-18-11-12/h3-4,7,10-11,13H,5-6,8-9H2,1-2H3,(H,19,23). The molecule has 0 bridgehead atoms. The Morgan fingerprint density at radius 1 is 1.20 bits per heavy atom. The largest absolute Gasteiger partial charge is 0.481 e. The summed E-state index contributed by atoms with van der Waals surface area (Å²) in [6.07, 6.45) is 4.85. The van der Waals surface area contributed by atoms with Crippen LogP contribution in [-0.2, 0) is 0 Å². The fourth-order valence-corrected chi connectivity index (χ4v) is 2.73. The monoisotopic (exact) mass is 343 g/mol. The molecule has 0 spiro atoms. The fourth-order valence-electron chi connectivity index (χ4n) is 2.73. The first kappa shape index (κ1) is 16.9. The van der Waals surface area contributed by atoms with E-state index in [1.54, 1.807) is 44.8 Å². The molecule has 0 atom stereocenters. The van der Waals surface area contributed by atoms with Gasteiger partial charge in [0.05, 0.1) is 25.8 Å². The number of hydrogen-bond acceptors (Lipinski definition) is 7. The zero-order valence-corrected chi connectivity index (χ0v) is 14.3. The van der Waals surface area contributed by atoms with Gasteiger partial charge in [-0.2, -0.15) is 9.97 Å². The number of aromatic nitrogens is 3. The number of rotatable bonds is 5. The summed E-state index contributed by atoms with van der Waals surface area (Å²) in [5.74, 6) is 1.42. The van der Waals surface area contributed by atoms with Crippen LogP contribution in [0, 0.1) is 0 Å². The molecular weight excluding hydrogens is 322 g/mol. The summed E-state index contributed by atoms with van der Waals surface area (Å²) >= 11 is 0. The second-order valence-electron chi connectivity index (χ2n) is 5.73. The third kappa shape index (κ3) is 4.14. The first-order valence-electron chi connectivity index (χ1n) is 8.12. The average Bonchev–Trinajstić information content (AvgIpc) is 2.68. The van der Waals surface area contributed by atoms with Crippen LogP contribution in [0.5, 0.6) is 11.8 Å². The molecule has 25 heavy (non-hydrogen) atoms. The molecule has 2 aromatic heterocycles. The zero-order valence-electron chi connectivity index (χ0n) is 14.3. The van der Waals surface area contributed by atoms with Gasteiger partial charge >= 0.3 is 0 Å². The van der Waals surface area contributed by atoms with Crippen molar-refractivity contribution in [2.45, 2.75) is 18.9 Å². The highest BCUT2D eigenvalue weighted by atomic mass is 16.5. The fraction of sp³-hybridized carbons (Fsp3) is 0.412. The second kappa shape index (κ2) is 7.78. The molecule has 1 fully saturated rings. The van der Waals surface area contributed by atoms with E-state index < -0.39 is 0 Å². The van der Waals surface area contributed by atoms with Crippen molar-refractivity contribution < 1.29 is 14.3 Å². The van der Waals surface area contributed by atoms with Crippen LogP contribution in [0.4, 0.5) is 5.95 Å². The van der Waals surface area contributed by atoms with Crippen molar-refractivity contribution >= 4 is 11.9 Å². The molecule has 8 nitrogen and oxygen atoms in total. The molecule has 8 heteroatoms. The molecule has 132 valence electrons. The van der Waals surface area contributed by atoms with E-state index in [0.29, 0.717) is 23.3 Å². The SMILES string of the molecule is COc1cc(OC)nc(N2CCC(NC(=O)c3cccnc3)CC2)n1. The van der Waals surface area contributed by atoms with Gasteiger partial charge in [-0.25, -0.2) is 0 Å². The Hall–Kier alpha value is -2.90. The van der Waals surface area contributed by atoms with E-state index in [9.17, 15) is 4.79 Å². The molecule has 0 unspecified atom stereocenters. The van der Waals surface area contributed by atoms with Crippen molar-refractivity contribution in [3.8, 4) is 11.8 Å². The summed E-state index contributed by atoms with van der Waals surface area (Å²) in [6, 6.07) is 5.28. The molecule has 1 saturated heterocycles. The number of carbonyl (C=O) groups is 1. The molecule has 1 amide bonds. The van der Waals surface area contributed by atoms with Gasteiger partial charge in [0.15, 0.2) is 0 Å². The number of ether oxygens (including phenoxy) is 2. The number of nitrogens with one attached hydrogen (secondary N) is 1. The van der Waals surface area contributed by atoms with Crippen molar-refractivity contribution in [3.63, 3.8) is 0 Å². The molecule has 0 aliphatic carbocycles. The minimum absolute atomic E-state index is 0.0918. The lowest BCUT2D eigenvalue weighted by atomic mass is 10.0. The predicted molar refractivity (Wildman–Crippen MR) is 92.1 cm³/mol. The summed E-state index contributed by atoms with van der Waals surface area (Å²) in [4.78, 5) is 27.0. The number of amides is 1. The third-order valence-electron chi connectivity index (χ3n) is 4.12. The Labute approximate surface area is 146 Å². The topological polar surface area (TPSA) is 89.5 Å². The van der Waals surface area contributed by atoms with Crippen LogP contribution >= 0.6 is 0 Å². The van der Waals surface area contributed by atoms with Gasteiger partial charge in [-0.05, 0) is 25.0 Å². The number of pyridine rings is 1. The lowest BCUT2D eigenvalue weighted by Crippen LogP contribution is -2.45. The summed E-state index contributed by atoms with van der Waals surface area (Å²) in [5, 5.41) is 3.06. The molecule has 0 radical (unpaired) electrons. The maximum Gasteiger partial charge on any atom is 0.253 e. The Balaban J connectivity index is 1.59. The van der Waals surface area contributed by atoms with Gasteiger partial charge in [0.1, 0.15) is 0 Å². The van der Waals surface area contributed by atoms with Crippen molar-refractivity contribution in [1.82, 2.24) is 20.3 Å². The highest BCUT2D eigenvalue weighted by Gasteiger charge is 2.23. The van der Waals surface area contributed by atoms with Crippen molar-refractivity contribution in [2.75, 3.05) is 32.2 Å². The van der Waals surface area contributed by atoms with Crippen molar-refractivity contribution in [3.05, 3.63) is 36.2 Å². The minimum Gasteiger partial charge on any atom is -0.481 e. The van der Waals surface area contributed by atoms with E-state index in [0.717, 1.165) is 25.9 Å². The van der Waals surface area contributed by atoms with Crippen molar-refractivity contribution in [2.24, 2.45) is 0 Å². The molecule has 3 rings (SSSR count). The molecule has 1 aliphatic heterocycles. The van der Waals surface area contributed by atoms with E-state index in [-0.39, 0.29) is 11.9 Å². The highest BCUT2D eigenvalue weighted by Crippen LogP contribution is 2.23. The Kier molecular flexibility index (Phi) is 5.27. The summed E-state index contributed by atoms with van der Waals surface area (Å²) < 4.78 is 10.4. The van der Waals surface area contributed by atoms with Crippen molar-refractivity contribution in [1.29, 1.82) is 0 Å². The van der Waals surface area contributed by atoms with Crippen LogP contribution in [0.15, 0.2) is 30.6 Å². The van der Waals surface area contributed by atoms with Gasteiger partial charge < -0.3 is 19.7 Å². The van der Waals surface area contributed by atoms with Crippen LogP contribution < -0.4 is 19.7 Å². The maximum absolute atomic E-state index is 12.2. The first-order valence-corrected chi connectivity index (χ1v) is 8.12. The summed E-state index contributed by atoms with van der Waals surface area (Å²) in [5.41, 5.74) is 0.575. The van der Waals surface area contributed by atoms with Gasteiger partial charge in [0, 0.05) is 31.5 Å². The molecule has 2 aromatic rings. The Morgan fingerprint density at radius 2 is 1.88 bits per heavy atom. The van der Waals surface area contributed by atoms with Crippen LogP contribution in [0.1, 0.15) is 23.2 Å². The highest BCUT2D eigenvalue weighted by molar-refractivity contribution is 5.94. The van der Waals surface area contributed by atoms with Gasteiger partial charge in [-0.15, -0.1) is 0 Å². The molecule has 0 saturated carbocycles. The van der Waals surface area contributed by atoms with Gasteiger partial charge in [-0.1, -0.05) is 0 Å². The Morgan fingerprint density at radius 3 is 2.44 bits per heavy atom. The van der Waals surface area contributed by atoms with Crippen LogP contribution in [0.3, 0.4) is 0 Å². The van der Waals surface area contributed by atoms with E-state index in [4.69, 9.17) is 9.47 Å². The van der Waals surface area contributed by atoms with E-state index in [2.05, 4.69) is 25.2 Å². The molecule has 1 aliphatic rings. The lowest BCUT2D eigenvalue weighted by Gasteiger charge is -2.32. The molecule has 0 aromatic carbocycles. The number of anilines is 1. The Bertz CT molecular complexity index is 695. The first-order chi connectivity index (χ1) is 12.2. The zero-order chi connectivity index (χ0) is 17.6. The third-order valence-corrected chi connectivity index (χ3v) is 4.12. The second-order valence-corrected chi connectivity index (χ2v) is 5.73. The minimum atomic E-state index is -0.0918. The average molecular weight is 343 g/mol. The maximum atomic E-state index is 12.2. The smallest absolute Gasteiger partial charge is 0.253 e. The quantitative estimate of drug-likeness (QED) is 0.875. The van der Waals surface area contributed by atoms with E-state index in [1.807, 2.05) is 0 Å². The lowest BCUT2D eigenvalue weighted by molar-refractivity contribution is 0.0930. The molecule has 3 heterocycles. The predicted octanol–water partition coefficient (Wildman–Crippen LogP) is 1.29. The number of methoxy groups -OCH3 is 2. The normalized spacial score (nSPS) is 14.9. The number of hydrogen-bond donors (Lipinski definition) is 1. The van der Waals surface area contributed by atoms with Gasteiger partial charge in [-0.3, -0.25) is 9.78 Å². The number of carbonyl (C=O) groups excluding carboxylic acids is 1.